The highest BCUT2D eigenvalue weighted by atomic mass is 19.1. The quantitative estimate of drug-likeness (QED) is 0.899. The van der Waals surface area contributed by atoms with E-state index in [9.17, 15) is 18.4 Å². The largest absolute Gasteiger partial charge is 0.480 e. The Morgan fingerprint density at radius 3 is 2.48 bits per heavy atom. The van der Waals surface area contributed by atoms with Gasteiger partial charge in [-0.25, -0.2) is 8.78 Å². The molecule has 126 valence electrons. The van der Waals surface area contributed by atoms with Crippen LogP contribution in [0.25, 0.3) is 0 Å². The molecule has 1 aliphatic heterocycles. The fourth-order valence-electron chi connectivity index (χ4n) is 2.94. The molecule has 0 aromatic heterocycles. The van der Waals surface area contributed by atoms with Gasteiger partial charge in [-0.2, -0.15) is 0 Å². The van der Waals surface area contributed by atoms with Gasteiger partial charge in [0, 0.05) is 25.2 Å². The van der Waals surface area contributed by atoms with Crippen LogP contribution in [0.3, 0.4) is 0 Å². The van der Waals surface area contributed by atoms with Gasteiger partial charge in [-0.15, -0.1) is 0 Å². The van der Waals surface area contributed by atoms with Crippen molar-refractivity contribution < 1.29 is 23.5 Å². The topological polar surface area (TPSA) is 60.9 Å². The number of carboxylic acids is 1. The van der Waals surface area contributed by atoms with Crippen LogP contribution in [0.15, 0.2) is 18.2 Å². The maximum absolute atomic E-state index is 13.7. The van der Waals surface area contributed by atoms with Crippen LogP contribution in [-0.4, -0.2) is 59.0 Å². The minimum Gasteiger partial charge on any atom is -0.480 e. The molecule has 1 N–H and O–H groups in total. The Hall–Kier alpha value is -2.02. The van der Waals surface area contributed by atoms with Gasteiger partial charge in [0.15, 0.2) is 0 Å². The van der Waals surface area contributed by atoms with Gasteiger partial charge in [-0.3, -0.25) is 14.5 Å². The lowest BCUT2D eigenvalue weighted by molar-refractivity contribution is -0.139. The van der Waals surface area contributed by atoms with E-state index in [0.29, 0.717) is 38.5 Å². The highest BCUT2D eigenvalue weighted by Crippen LogP contribution is 2.20. The first-order valence-corrected chi connectivity index (χ1v) is 7.62. The van der Waals surface area contributed by atoms with E-state index >= 15 is 0 Å². The summed E-state index contributed by atoms with van der Waals surface area (Å²) in [5.74, 6) is -2.91. The second-order valence-electron chi connectivity index (χ2n) is 5.60. The van der Waals surface area contributed by atoms with Gasteiger partial charge in [0.05, 0.1) is 12.1 Å². The molecule has 0 unspecified atom stereocenters. The number of rotatable bonds is 5. The number of halogens is 2. The van der Waals surface area contributed by atoms with Crippen LogP contribution >= 0.6 is 0 Å². The highest BCUT2D eigenvalue weighted by Gasteiger charge is 2.28. The molecule has 1 saturated heterocycles. The predicted octanol–water partition coefficient (Wildman–Crippen LogP) is 1.98. The molecule has 1 aromatic carbocycles. The number of hydrogen-bond donors (Lipinski definition) is 1. The van der Waals surface area contributed by atoms with Crippen molar-refractivity contribution in [2.75, 3.05) is 26.2 Å². The monoisotopic (exact) mass is 326 g/mol. The van der Waals surface area contributed by atoms with Gasteiger partial charge < -0.3 is 10.0 Å². The van der Waals surface area contributed by atoms with Crippen LogP contribution in [0.2, 0.25) is 0 Å². The number of carboxylic acid groups (broad SMARTS) is 1. The minimum absolute atomic E-state index is 0.0261. The zero-order valence-corrected chi connectivity index (χ0v) is 13.0. The number of amides is 1. The summed E-state index contributed by atoms with van der Waals surface area (Å²) in [6.45, 7) is 3.35. The number of benzene rings is 1. The molecule has 1 amide bonds. The summed E-state index contributed by atoms with van der Waals surface area (Å²) in [6, 6.07) is 3.01. The van der Waals surface area contributed by atoms with Crippen molar-refractivity contribution in [1.29, 1.82) is 0 Å². The molecular weight excluding hydrogens is 306 g/mol. The second-order valence-corrected chi connectivity index (χ2v) is 5.60. The Balaban J connectivity index is 1.98. The number of hydrogen-bond acceptors (Lipinski definition) is 3. The Morgan fingerprint density at radius 2 is 1.96 bits per heavy atom. The average molecular weight is 326 g/mol. The summed E-state index contributed by atoms with van der Waals surface area (Å²) >= 11 is 0. The fraction of sp³-hybridized carbons (Fsp3) is 0.500. The van der Waals surface area contributed by atoms with Crippen LogP contribution in [0, 0.1) is 11.6 Å². The third-order valence-electron chi connectivity index (χ3n) is 4.17. The molecule has 5 nitrogen and oxygen atoms in total. The highest BCUT2D eigenvalue weighted by molar-refractivity contribution is 5.94. The molecule has 7 heteroatoms. The Morgan fingerprint density at radius 1 is 1.30 bits per heavy atom. The molecule has 23 heavy (non-hydrogen) atoms. The molecule has 1 aliphatic rings. The van der Waals surface area contributed by atoms with Crippen LogP contribution < -0.4 is 0 Å². The number of likely N-dealkylation sites (N-methyl/N-ethyl adjacent to an activating group) is 1. The van der Waals surface area contributed by atoms with E-state index in [4.69, 9.17) is 5.11 Å². The summed E-state index contributed by atoms with van der Waals surface area (Å²) in [5.41, 5.74) is -0.136. The van der Waals surface area contributed by atoms with E-state index in [1.165, 1.54) is 4.90 Å². The summed E-state index contributed by atoms with van der Waals surface area (Å²) in [4.78, 5) is 26.6. The lowest BCUT2D eigenvalue weighted by Crippen LogP contribution is -2.48. The van der Waals surface area contributed by atoms with E-state index in [1.807, 2.05) is 11.8 Å². The van der Waals surface area contributed by atoms with Gasteiger partial charge in [0.1, 0.15) is 11.6 Å². The van der Waals surface area contributed by atoms with Crippen molar-refractivity contribution in [3.8, 4) is 0 Å². The third kappa shape index (κ3) is 4.25. The lowest BCUT2D eigenvalue weighted by atomic mass is 10.0. The third-order valence-corrected chi connectivity index (χ3v) is 4.17. The average Bonchev–Trinajstić information content (AvgIpc) is 2.52. The first kappa shape index (κ1) is 17.3. The number of likely N-dealkylation sites (tertiary alicyclic amines) is 1. The number of nitrogens with zero attached hydrogens (tertiary/aromatic N) is 2. The number of carbonyl (C=O) groups excluding carboxylic acids is 1. The summed E-state index contributed by atoms with van der Waals surface area (Å²) in [7, 11) is 0. The van der Waals surface area contributed by atoms with Gasteiger partial charge in [-0.1, -0.05) is 6.92 Å². The number of piperidine rings is 1. The molecule has 0 atom stereocenters. The lowest BCUT2D eigenvalue weighted by Gasteiger charge is -2.37. The van der Waals surface area contributed by atoms with Crippen LogP contribution in [0.5, 0.6) is 0 Å². The molecule has 1 aromatic rings. The van der Waals surface area contributed by atoms with Crippen LogP contribution in [0.4, 0.5) is 8.78 Å². The van der Waals surface area contributed by atoms with Crippen molar-refractivity contribution in [1.82, 2.24) is 9.80 Å². The van der Waals surface area contributed by atoms with Crippen LogP contribution in [-0.2, 0) is 4.79 Å². The number of carbonyl (C=O) groups is 2. The van der Waals surface area contributed by atoms with E-state index < -0.39 is 23.5 Å². The molecule has 2 rings (SSSR count). The van der Waals surface area contributed by atoms with E-state index in [2.05, 4.69) is 0 Å². The van der Waals surface area contributed by atoms with Gasteiger partial charge in [0.25, 0.3) is 5.91 Å². The van der Waals surface area contributed by atoms with Crippen molar-refractivity contribution >= 4 is 11.9 Å². The van der Waals surface area contributed by atoms with E-state index in [1.54, 1.807) is 0 Å². The molecule has 1 fully saturated rings. The molecule has 0 saturated carbocycles. The van der Waals surface area contributed by atoms with E-state index in [-0.39, 0.29) is 18.2 Å². The molecule has 0 aliphatic carbocycles. The Kier molecular flexibility index (Phi) is 5.65. The summed E-state index contributed by atoms with van der Waals surface area (Å²) in [5, 5.41) is 8.91. The van der Waals surface area contributed by atoms with Crippen molar-refractivity contribution in [2.24, 2.45) is 0 Å². The minimum atomic E-state index is -0.876. The first-order chi connectivity index (χ1) is 10.9. The Labute approximate surface area is 133 Å². The van der Waals surface area contributed by atoms with E-state index in [0.717, 1.165) is 12.1 Å². The maximum Gasteiger partial charge on any atom is 0.317 e. The fourth-order valence-corrected chi connectivity index (χ4v) is 2.94. The maximum atomic E-state index is 13.7. The van der Waals surface area contributed by atoms with Crippen LogP contribution in [0.1, 0.15) is 30.1 Å². The van der Waals surface area contributed by atoms with Crippen molar-refractivity contribution in [3.05, 3.63) is 35.4 Å². The first-order valence-electron chi connectivity index (χ1n) is 7.62. The SMILES string of the molecule is CCN(CC(=O)O)C1CCN(C(=O)c2ccc(F)cc2F)CC1. The zero-order chi connectivity index (χ0) is 17.0. The standard InChI is InChI=1S/C16H20F2N2O3/c1-2-19(10-15(21)22)12-5-7-20(8-6-12)16(23)13-4-3-11(17)9-14(13)18/h3-4,9,12H,2,5-8,10H2,1H3,(H,21,22). The molecule has 0 bridgehead atoms. The zero-order valence-electron chi connectivity index (χ0n) is 13.0. The van der Waals surface area contributed by atoms with Gasteiger partial charge in [0.2, 0.25) is 0 Å². The van der Waals surface area contributed by atoms with Crippen molar-refractivity contribution in [3.63, 3.8) is 0 Å². The molecular formula is C16H20F2N2O3. The number of aliphatic carboxylic acids is 1. The summed E-state index contributed by atoms with van der Waals surface area (Å²) < 4.78 is 26.6. The Bertz CT molecular complexity index is 587. The summed E-state index contributed by atoms with van der Waals surface area (Å²) in [6.07, 6.45) is 1.27. The van der Waals surface area contributed by atoms with Crippen molar-refractivity contribution in [2.45, 2.75) is 25.8 Å². The predicted molar refractivity (Wildman–Crippen MR) is 80.2 cm³/mol. The second kappa shape index (κ2) is 7.50. The normalized spacial score (nSPS) is 15.9. The smallest absolute Gasteiger partial charge is 0.317 e. The molecule has 1 heterocycles. The molecule has 0 spiro atoms. The van der Waals surface area contributed by atoms with Gasteiger partial charge in [-0.05, 0) is 31.5 Å². The van der Waals surface area contributed by atoms with Gasteiger partial charge >= 0.3 is 5.97 Å². The molecule has 0 radical (unpaired) electrons.